The molecule has 3 heteroatoms. The van der Waals surface area contributed by atoms with Gasteiger partial charge in [0.1, 0.15) is 5.75 Å². The minimum absolute atomic E-state index is 0.606. The Morgan fingerprint density at radius 3 is 2.89 bits per heavy atom. The van der Waals surface area contributed by atoms with E-state index in [2.05, 4.69) is 58.9 Å². The Hall–Kier alpha value is -0.540. The molecule has 0 aliphatic carbocycles. The van der Waals surface area contributed by atoms with Crippen molar-refractivity contribution >= 4 is 15.9 Å². The van der Waals surface area contributed by atoms with Crippen LogP contribution in [0.5, 0.6) is 5.75 Å². The van der Waals surface area contributed by atoms with Gasteiger partial charge in [-0.05, 0) is 44.9 Å². The van der Waals surface area contributed by atoms with E-state index < -0.39 is 0 Å². The first-order chi connectivity index (χ1) is 9.22. The number of hydrogen-bond acceptors (Lipinski definition) is 2. The predicted molar refractivity (Wildman–Crippen MR) is 84.4 cm³/mol. The Balaban J connectivity index is 2.05. The summed E-state index contributed by atoms with van der Waals surface area (Å²) in [6.45, 7) is 7.75. The molecule has 0 saturated carbocycles. The molecule has 2 rings (SSSR count). The fraction of sp³-hybridized carbons (Fsp3) is 0.625. The number of hydrogen-bond donors (Lipinski definition) is 0. The van der Waals surface area contributed by atoms with Gasteiger partial charge in [-0.2, -0.15) is 0 Å². The Morgan fingerprint density at radius 2 is 2.16 bits per heavy atom. The van der Waals surface area contributed by atoms with Crippen molar-refractivity contribution in [3.8, 4) is 5.75 Å². The van der Waals surface area contributed by atoms with E-state index in [1.54, 1.807) is 0 Å². The molecule has 106 valence electrons. The van der Waals surface area contributed by atoms with Crippen molar-refractivity contribution in [3.05, 3.63) is 29.8 Å². The second-order valence-corrected chi connectivity index (χ2v) is 6.30. The maximum absolute atomic E-state index is 5.75. The summed E-state index contributed by atoms with van der Waals surface area (Å²) in [6, 6.07) is 9.11. The Kier molecular flexibility index (Phi) is 5.71. The Bertz CT molecular complexity index is 394. The van der Waals surface area contributed by atoms with Crippen molar-refractivity contribution in [2.75, 3.05) is 25.0 Å². The average molecular weight is 326 g/mol. The fourth-order valence-electron chi connectivity index (χ4n) is 2.71. The third-order valence-corrected chi connectivity index (χ3v) is 4.41. The minimum Gasteiger partial charge on any atom is -0.493 e. The highest BCUT2D eigenvalue weighted by Gasteiger charge is 2.24. The quantitative estimate of drug-likeness (QED) is 0.731. The lowest BCUT2D eigenvalue weighted by Crippen LogP contribution is -2.37. The smallest absolute Gasteiger partial charge is 0.122 e. The number of para-hydroxylation sites is 1. The van der Waals surface area contributed by atoms with Gasteiger partial charge in [0.05, 0.1) is 6.61 Å². The highest BCUT2D eigenvalue weighted by atomic mass is 79.9. The molecule has 1 atom stereocenters. The molecule has 2 nitrogen and oxygen atoms in total. The number of alkyl halides is 1. The molecule has 0 spiro atoms. The molecule has 0 fully saturated rings. The maximum atomic E-state index is 5.75. The zero-order chi connectivity index (χ0) is 13.7. The van der Waals surface area contributed by atoms with Gasteiger partial charge in [-0.3, -0.25) is 0 Å². The molecule has 1 aliphatic rings. The molecule has 1 unspecified atom stereocenters. The summed E-state index contributed by atoms with van der Waals surface area (Å²) < 4.78 is 5.75. The molecular weight excluding hydrogens is 302 g/mol. The lowest BCUT2D eigenvalue weighted by atomic mass is 9.92. The Labute approximate surface area is 125 Å². The molecule has 1 heterocycles. The van der Waals surface area contributed by atoms with Gasteiger partial charge in [0, 0.05) is 23.8 Å². The summed E-state index contributed by atoms with van der Waals surface area (Å²) in [5.41, 5.74) is 1.39. The molecule has 19 heavy (non-hydrogen) atoms. The summed E-state index contributed by atoms with van der Waals surface area (Å²) >= 11 is 3.53. The van der Waals surface area contributed by atoms with E-state index in [0.29, 0.717) is 12.0 Å². The van der Waals surface area contributed by atoms with Crippen LogP contribution in [0.25, 0.3) is 0 Å². The minimum atomic E-state index is 0.606. The highest BCUT2D eigenvalue weighted by molar-refractivity contribution is 9.09. The largest absolute Gasteiger partial charge is 0.493 e. The molecule has 1 aromatic rings. The van der Waals surface area contributed by atoms with Crippen molar-refractivity contribution in [2.24, 2.45) is 0 Å². The van der Waals surface area contributed by atoms with Crippen LogP contribution in [0.4, 0.5) is 0 Å². The van der Waals surface area contributed by atoms with E-state index in [1.165, 1.54) is 18.5 Å². The SMILES string of the molecule is CC(C)N(CCCBr)CC1CCOc2ccccc21. The normalized spacial score (nSPS) is 18.5. The van der Waals surface area contributed by atoms with E-state index in [0.717, 1.165) is 30.7 Å². The lowest BCUT2D eigenvalue weighted by molar-refractivity contribution is 0.182. The van der Waals surface area contributed by atoms with Gasteiger partial charge in [0.2, 0.25) is 0 Å². The third kappa shape index (κ3) is 3.96. The van der Waals surface area contributed by atoms with E-state index in [4.69, 9.17) is 4.74 Å². The second-order valence-electron chi connectivity index (χ2n) is 5.50. The molecule has 0 bridgehead atoms. The van der Waals surface area contributed by atoms with E-state index in [-0.39, 0.29) is 0 Å². The highest BCUT2D eigenvalue weighted by Crippen LogP contribution is 2.34. The summed E-state index contributed by atoms with van der Waals surface area (Å²) in [4.78, 5) is 2.59. The first-order valence-electron chi connectivity index (χ1n) is 7.24. The summed E-state index contributed by atoms with van der Waals surface area (Å²) in [6.07, 6.45) is 2.34. The van der Waals surface area contributed by atoms with Crippen LogP contribution in [0.1, 0.15) is 38.2 Å². The van der Waals surface area contributed by atoms with Gasteiger partial charge < -0.3 is 9.64 Å². The first-order valence-corrected chi connectivity index (χ1v) is 8.36. The van der Waals surface area contributed by atoms with Crippen LogP contribution in [-0.2, 0) is 0 Å². The van der Waals surface area contributed by atoms with Crippen molar-refractivity contribution in [3.63, 3.8) is 0 Å². The van der Waals surface area contributed by atoms with E-state index in [9.17, 15) is 0 Å². The van der Waals surface area contributed by atoms with Crippen molar-refractivity contribution < 1.29 is 4.74 Å². The molecule has 1 aliphatic heterocycles. The number of benzene rings is 1. The molecule has 0 amide bonds. The van der Waals surface area contributed by atoms with Crippen molar-refractivity contribution in [2.45, 2.75) is 38.6 Å². The third-order valence-electron chi connectivity index (χ3n) is 3.85. The Morgan fingerprint density at radius 1 is 1.37 bits per heavy atom. The zero-order valence-electron chi connectivity index (χ0n) is 11.9. The van der Waals surface area contributed by atoms with Crippen LogP contribution in [0, 0.1) is 0 Å². The maximum Gasteiger partial charge on any atom is 0.122 e. The van der Waals surface area contributed by atoms with Crippen LogP contribution in [0.15, 0.2) is 24.3 Å². The standard InChI is InChI=1S/C16H24BrNO/c1-13(2)18(10-5-9-17)12-14-8-11-19-16-7-4-3-6-15(14)16/h3-4,6-7,13-14H,5,8-12H2,1-2H3. The van der Waals surface area contributed by atoms with Gasteiger partial charge in [0.25, 0.3) is 0 Å². The second kappa shape index (κ2) is 7.30. The average Bonchev–Trinajstić information content (AvgIpc) is 2.43. The van der Waals surface area contributed by atoms with Gasteiger partial charge in [-0.1, -0.05) is 34.1 Å². The number of halogens is 1. The molecule has 1 aromatic carbocycles. The molecule has 0 radical (unpaired) electrons. The van der Waals surface area contributed by atoms with Gasteiger partial charge in [0.15, 0.2) is 0 Å². The van der Waals surface area contributed by atoms with Crippen LogP contribution in [-0.4, -0.2) is 36.0 Å². The van der Waals surface area contributed by atoms with Crippen LogP contribution >= 0.6 is 15.9 Å². The number of fused-ring (bicyclic) bond motifs is 1. The molecule has 0 N–H and O–H groups in total. The van der Waals surface area contributed by atoms with Gasteiger partial charge in [-0.15, -0.1) is 0 Å². The predicted octanol–water partition coefficient (Wildman–Crippen LogP) is 4.05. The van der Waals surface area contributed by atoms with Crippen LogP contribution < -0.4 is 4.74 Å². The monoisotopic (exact) mass is 325 g/mol. The summed E-state index contributed by atoms with van der Waals surface area (Å²) in [5.74, 6) is 1.70. The zero-order valence-corrected chi connectivity index (χ0v) is 13.5. The van der Waals surface area contributed by atoms with Gasteiger partial charge in [-0.25, -0.2) is 0 Å². The molecule has 0 saturated heterocycles. The molecular formula is C16H24BrNO. The topological polar surface area (TPSA) is 12.5 Å². The van der Waals surface area contributed by atoms with Crippen LogP contribution in [0.3, 0.4) is 0 Å². The number of nitrogens with zero attached hydrogens (tertiary/aromatic N) is 1. The summed E-state index contributed by atoms with van der Waals surface area (Å²) in [5, 5.41) is 1.08. The van der Waals surface area contributed by atoms with Gasteiger partial charge >= 0.3 is 0 Å². The fourth-order valence-corrected chi connectivity index (χ4v) is 2.96. The summed E-state index contributed by atoms with van der Waals surface area (Å²) in [7, 11) is 0. The number of ether oxygens (including phenoxy) is 1. The van der Waals surface area contributed by atoms with Crippen molar-refractivity contribution in [1.29, 1.82) is 0 Å². The molecule has 0 aromatic heterocycles. The van der Waals surface area contributed by atoms with Crippen LogP contribution in [0.2, 0.25) is 0 Å². The van der Waals surface area contributed by atoms with Crippen molar-refractivity contribution in [1.82, 2.24) is 4.90 Å². The number of rotatable bonds is 6. The first kappa shape index (κ1) is 14.9. The van der Waals surface area contributed by atoms with E-state index >= 15 is 0 Å². The van der Waals surface area contributed by atoms with E-state index in [1.807, 2.05) is 0 Å². The lowest BCUT2D eigenvalue weighted by Gasteiger charge is -2.33.